The van der Waals surface area contributed by atoms with Gasteiger partial charge in [0.15, 0.2) is 6.29 Å². The number of fused-ring (bicyclic) bond motifs is 1. The molecule has 2 rings (SSSR count). The Morgan fingerprint density at radius 1 is 1.47 bits per heavy atom. The number of carbonyl (C=O) groups is 1. The van der Waals surface area contributed by atoms with Crippen LogP contribution in [-0.4, -0.2) is 29.6 Å². The Hall–Kier alpha value is -0.610. The molecular weight excluding hydrogens is 196 g/mol. The summed E-state index contributed by atoms with van der Waals surface area (Å²) in [6.07, 6.45) is 1.80. The molecule has 0 saturated carbocycles. The molecule has 5 atom stereocenters. The van der Waals surface area contributed by atoms with E-state index >= 15 is 0 Å². The molecule has 1 N–H and O–H groups in total. The van der Waals surface area contributed by atoms with Gasteiger partial charge < -0.3 is 14.6 Å². The Bertz CT molecular complexity index is 253. The summed E-state index contributed by atoms with van der Waals surface area (Å²) in [7, 11) is 0. The maximum atomic E-state index is 11.4. The van der Waals surface area contributed by atoms with Gasteiger partial charge in [-0.25, -0.2) is 0 Å². The predicted octanol–water partition coefficient (Wildman–Crippen LogP) is 1.07. The molecule has 0 aromatic rings. The number of aliphatic hydroxyl groups excluding tert-OH is 1. The number of rotatable bonds is 3. The van der Waals surface area contributed by atoms with Crippen LogP contribution in [0.25, 0.3) is 0 Å². The minimum absolute atomic E-state index is 0.112. The van der Waals surface area contributed by atoms with E-state index < -0.39 is 6.29 Å². The molecule has 2 aliphatic heterocycles. The fourth-order valence-electron chi connectivity index (χ4n) is 2.48. The highest BCUT2D eigenvalue weighted by atomic mass is 16.7. The van der Waals surface area contributed by atoms with Crippen LogP contribution in [0.15, 0.2) is 0 Å². The Labute approximate surface area is 89.6 Å². The third-order valence-corrected chi connectivity index (χ3v) is 3.43. The van der Waals surface area contributed by atoms with Gasteiger partial charge in [0.1, 0.15) is 6.10 Å². The van der Waals surface area contributed by atoms with Crippen molar-refractivity contribution in [2.24, 2.45) is 11.8 Å². The number of esters is 1. The van der Waals surface area contributed by atoms with Gasteiger partial charge in [-0.2, -0.15) is 0 Å². The lowest BCUT2D eigenvalue weighted by Crippen LogP contribution is -2.26. The van der Waals surface area contributed by atoms with Crippen LogP contribution in [-0.2, 0) is 14.3 Å². The summed E-state index contributed by atoms with van der Waals surface area (Å²) in [5.41, 5.74) is 0. The minimum atomic E-state index is -0.835. The first-order valence-corrected chi connectivity index (χ1v) is 5.69. The van der Waals surface area contributed by atoms with Gasteiger partial charge in [-0.3, -0.25) is 4.79 Å². The second kappa shape index (κ2) is 4.10. The van der Waals surface area contributed by atoms with Crippen molar-refractivity contribution in [3.05, 3.63) is 0 Å². The first-order chi connectivity index (χ1) is 7.15. The van der Waals surface area contributed by atoms with Crippen molar-refractivity contribution in [3.8, 4) is 0 Å². The van der Waals surface area contributed by atoms with Crippen molar-refractivity contribution in [1.82, 2.24) is 0 Å². The van der Waals surface area contributed by atoms with E-state index in [2.05, 4.69) is 6.92 Å². The lowest BCUT2D eigenvalue weighted by molar-refractivity contribution is -0.156. The molecule has 4 nitrogen and oxygen atoms in total. The molecule has 2 saturated heterocycles. The van der Waals surface area contributed by atoms with E-state index in [0.717, 1.165) is 19.3 Å². The average molecular weight is 214 g/mol. The van der Waals surface area contributed by atoms with Gasteiger partial charge in [-0.15, -0.1) is 0 Å². The first kappa shape index (κ1) is 10.9. The SMILES string of the molecule is CCCC[C@@H]1OC(O)[C@H]2[C@@H]1OC(=O)[C@@H]2C. The highest BCUT2D eigenvalue weighted by Gasteiger charge is 2.55. The first-order valence-electron chi connectivity index (χ1n) is 5.69. The topological polar surface area (TPSA) is 55.8 Å². The lowest BCUT2D eigenvalue weighted by Gasteiger charge is -2.15. The zero-order valence-electron chi connectivity index (χ0n) is 9.18. The smallest absolute Gasteiger partial charge is 0.309 e. The summed E-state index contributed by atoms with van der Waals surface area (Å²) < 4.78 is 10.7. The number of carbonyl (C=O) groups excluding carboxylic acids is 1. The molecule has 15 heavy (non-hydrogen) atoms. The van der Waals surface area contributed by atoms with Crippen molar-refractivity contribution in [3.63, 3.8) is 0 Å². The summed E-state index contributed by atoms with van der Waals surface area (Å²) in [5, 5.41) is 9.70. The molecule has 0 aromatic heterocycles. The number of hydrogen-bond acceptors (Lipinski definition) is 4. The molecule has 0 aromatic carbocycles. The van der Waals surface area contributed by atoms with E-state index in [-0.39, 0.29) is 30.0 Å². The molecule has 1 unspecified atom stereocenters. The fourth-order valence-corrected chi connectivity index (χ4v) is 2.48. The Morgan fingerprint density at radius 3 is 2.87 bits per heavy atom. The molecule has 0 aliphatic carbocycles. The molecule has 0 radical (unpaired) electrons. The van der Waals surface area contributed by atoms with Crippen LogP contribution in [0.2, 0.25) is 0 Å². The molecule has 4 heteroatoms. The lowest BCUT2D eigenvalue weighted by atomic mass is 9.90. The zero-order chi connectivity index (χ0) is 11.0. The van der Waals surface area contributed by atoms with Crippen molar-refractivity contribution in [2.75, 3.05) is 0 Å². The standard InChI is InChI=1S/C11H18O4/c1-3-4-5-7-9-8(11(13)14-7)6(2)10(12)15-9/h6-9,11,13H,3-5H2,1-2H3/t6-,7+,8-,9-,11?/m1/s1. The van der Waals surface area contributed by atoms with Crippen molar-refractivity contribution in [1.29, 1.82) is 0 Å². The minimum Gasteiger partial charge on any atom is -0.459 e. The third kappa shape index (κ3) is 1.76. The van der Waals surface area contributed by atoms with Crippen molar-refractivity contribution < 1.29 is 19.4 Å². The molecule has 0 bridgehead atoms. The van der Waals surface area contributed by atoms with Gasteiger partial charge in [-0.05, 0) is 6.42 Å². The summed E-state index contributed by atoms with van der Waals surface area (Å²) in [6.45, 7) is 3.90. The number of unbranched alkanes of at least 4 members (excludes halogenated alkanes) is 1. The maximum absolute atomic E-state index is 11.4. The monoisotopic (exact) mass is 214 g/mol. The number of hydrogen-bond donors (Lipinski definition) is 1. The Morgan fingerprint density at radius 2 is 2.20 bits per heavy atom. The molecule has 2 fully saturated rings. The van der Waals surface area contributed by atoms with Crippen molar-refractivity contribution in [2.45, 2.75) is 51.6 Å². The van der Waals surface area contributed by atoms with Gasteiger partial charge >= 0.3 is 5.97 Å². The molecule has 2 aliphatic rings. The van der Waals surface area contributed by atoms with Crippen LogP contribution < -0.4 is 0 Å². The van der Waals surface area contributed by atoms with Crippen LogP contribution in [0, 0.1) is 11.8 Å². The highest BCUT2D eigenvalue weighted by Crippen LogP contribution is 2.41. The third-order valence-electron chi connectivity index (χ3n) is 3.43. The normalized spacial score (nSPS) is 44.2. The van der Waals surface area contributed by atoms with E-state index in [1.54, 1.807) is 6.92 Å². The Balaban J connectivity index is 2.04. The summed E-state index contributed by atoms with van der Waals surface area (Å²) in [5.74, 6) is -0.607. The predicted molar refractivity (Wildman–Crippen MR) is 52.9 cm³/mol. The zero-order valence-corrected chi connectivity index (χ0v) is 9.18. The van der Waals surface area contributed by atoms with Crippen LogP contribution in [0.4, 0.5) is 0 Å². The summed E-state index contributed by atoms with van der Waals surface area (Å²) in [4.78, 5) is 11.4. The second-order valence-corrected chi connectivity index (χ2v) is 4.47. The van der Waals surface area contributed by atoms with Gasteiger partial charge in [0.25, 0.3) is 0 Å². The van der Waals surface area contributed by atoms with E-state index in [1.807, 2.05) is 0 Å². The number of aliphatic hydroxyl groups is 1. The van der Waals surface area contributed by atoms with Gasteiger partial charge in [-0.1, -0.05) is 26.7 Å². The van der Waals surface area contributed by atoms with Crippen molar-refractivity contribution >= 4 is 5.97 Å². The van der Waals surface area contributed by atoms with E-state index in [4.69, 9.17) is 9.47 Å². The van der Waals surface area contributed by atoms with E-state index in [9.17, 15) is 9.90 Å². The largest absolute Gasteiger partial charge is 0.459 e. The van der Waals surface area contributed by atoms with Crippen LogP contribution in [0.1, 0.15) is 33.1 Å². The average Bonchev–Trinajstić information content (AvgIpc) is 2.65. The molecule has 2 heterocycles. The summed E-state index contributed by atoms with van der Waals surface area (Å²) >= 11 is 0. The Kier molecular flexibility index (Phi) is 2.98. The van der Waals surface area contributed by atoms with Gasteiger partial charge in [0.2, 0.25) is 0 Å². The van der Waals surface area contributed by atoms with Gasteiger partial charge in [0, 0.05) is 0 Å². The molecular formula is C11H18O4. The van der Waals surface area contributed by atoms with Crippen LogP contribution in [0.3, 0.4) is 0 Å². The second-order valence-electron chi connectivity index (χ2n) is 4.47. The highest BCUT2D eigenvalue weighted by molar-refractivity contribution is 5.75. The fraction of sp³-hybridized carbons (Fsp3) is 0.909. The van der Waals surface area contributed by atoms with Gasteiger partial charge in [0.05, 0.1) is 17.9 Å². The van der Waals surface area contributed by atoms with Crippen LogP contribution in [0.5, 0.6) is 0 Å². The van der Waals surface area contributed by atoms with Crippen LogP contribution >= 0.6 is 0 Å². The van der Waals surface area contributed by atoms with E-state index in [0.29, 0.717) is 0 Å². The molecule has 86 valence electrons. The molecule has 0 amide bonds. The summed E-state index contributed by atoms with van der Waals surface area (Å²) in [6, 6.07) is 0. The quantitative estimate of drug-likeness (QED) is 0.714. The molecule has 0 spiro atoms. The number of ether oxygens (including phenoxy) is 2. The van der Waals surface area contributed by atoms with E-state index in [1.165, 1.54) is 0 Å². The maximum Gasteiger partial charge on any atom is 0.309 e.